The topological polar surface area (TPSA) is 119 Å². The van der Waals surface area contributed by atoms with Gasteiger partial charge < -0.3 is 4.90 Å². The van der Waals surface area contributed by atoms with Crippen LogP contribution < -0.4 is 20.5 Å². The van der Waals surface area contributed by atoms with Crippen LogP contribution in [0.3, 0.4) is 0 Å². The molecular formula is C19H19N5O4S. The third-order valence-corrected chi connectivity index (χ3v) is 7.36. The van der Waals surface area contributed by atoms with Crippen molar-refractivity contribution in [1.29, 1.82) is 0 Å². The van der Waals surface area contributed by atoms with E-state index < -0.39 is 21.3 Å². The quantitative estimate of drug-likeness (QED) is 0.651. The molecule has 0 spiro atoms. The fraction of sp³-hybridized carbons (Fsp3) is 0.316. The van der Waals surface area contributed by atoms with E-state index in [1.165, 1.54) is 16.6 Å². The number of nitrogens with one attached hydrogen (secondary N) is 2. The maximum atomic E-state index is 13.5. The molecule has 1 saturated heterocycles. The lowest BCUT2D eigenvalue weighted by atomic mass is 9.98. The Hall–Kier alpha value is -3.14. The number of anilines is 2. The second kappa shape index (κ2) is 6.45. The second-order valence-corrected chi connectivity index (χ2v) is 9.21. The van der Waals surface area contributed by atoms with Crippen LogP contribution >= 0.6 is 0 Å². The first-order chi connectivity index (χ1) is 13.9. The van der Waals surface area contributed by atoms with Crippen molar-refractivity contribution in [2.75, 3.05) is 22.3 Å². The molecule has 1 fully saturated rings. The van der Waals surface area contributed by atoms with Crippen molar-refractivity contribution in [1.82, 2.24) is 15.0 Å². The second-order valence-electron chi connectivity index (χ2n) is 7.34. The van der Waals surface area contributed by atoms with Gasteiger partial charge in [-0.25, -0.2) is 18.2 Å². The van der Waals surface area contributed by atoms with Gasteiger partial charge in [0.25, 0.3) is 15.6 Å². The molecule has 1 aromatic carbocycles. The van der Waals surface area contributed by atoms with Crippen LogP contribution in [0, 0.1) is 0 Å². The zero-order valence-electron chi connectivity index (χ0n) is 15.5. The van der Waals surface area contributed by atoms with Gasteiger partial charge in [-0.3, -0.25) is 19.1 Å². The summed E-state index contributed by atoms with van der Waals surface area (Å²) in [4.78, 5) is 34.3. The number of para-hydroxylation sites is 2. The molecule has 2 aliphatic rings. The van der Waals surface area contributed by atoms with E-state index in [2.05, 4.69) is 19.9 Å². The van der Waals surface area contributed by atoms with Crippen LogP contribution in [0.25, 0.3) is 11.0 Å². The average molecular weight is 413 g/mol. The standard InChI is InChI=1S/C19H19N5O4S/c25-18-14-9-13(10-20-17(14)21-19(26)22-18)29(27,28)24-11-12-5-3-4-8-23(12)15-6-1-2-7-16(15)24/h1-2,6-7,9-10,12H,3-5,8,11H2,(H2,20,21,22,25,26). The van der Waals surface area contributed by atoms with Crippen molar-refractivity contribution in [2.24, 2.45) is 0 Å². The molecule has 0 saturated carbocycles. The molecule has 1 atom stereocenters. The summed E-state index contributed by atoms with van der Waals surface area (Å²) < 4.78 is 28.5. The molecular weight excluding hydrogens is 394 g/mol. The Morgan fingerprint density at radius 1 is 1.07 bits per heavy atom. The van der Waals surface area contributed by atoms with Gasteiger partial charge in [-0.1, -0.05) is 12.1 Å². The number of hydrogen-bond acceptors (Lipinski definition) is 6. The van der Waals surface area contributed by atoms with Gasteiger partial charge in [0.1, 0.15) is 10.5 Å². The predicted molar refractivity (Wildman–Crippen MR) is 109 cm³/mol. The number of aromatic amines is 2. The molecule has 2 aromatic heterocycles. The van der Waals surface area contributed by atoms with Crippen LogP contribution in [0.5, 0.6) is 0 Å². The average Bonchev–Trinajstić information content (AvgIpc) is 2.72. The van der Waals surface area contributed by atoms with Crippen LogP contribution in [0.2, 0.25) is 0 Å². The first kappa shape index (κ1) is 17.9. The van der Waals surface area contributed by atoms with Crippen molar-refractivity contribution < 1.29 is 8.42 Å². The molecule has 1 unspecified atom stereocenters. The maximum Gasteiger partial charge on any atom is 0.327 e. The van der Waals surface area contributed by atoms with Gasteiger partial charge in [0.15, 0.2) is 0 Å². The van der Waals surface area contributed by atoms with E-state index in [4.69, 9.17) is 0 Å². The molecule has 0 aliphatic carbocycles. The summed E-state index contributed by atoms with van der Waals surface area (Å²) in [5, 5.41) is 0.0234. The van der Waals surface area contributed by atoms with E-state index >= 15 is 0 Å². The fourth-order valence-electron chi connectivity index (χ4n) is 4.24. The molecule has 10 heteroatoms. The number of fused-ring (bicyclic) bond motifs is 4. The Kier molecular flexibility index (Phi) is 3.98. The lowest BCUT2D eigenvalue weighted by Crippen LogP contribution is -2.52. The Balaban J connectivity index is 1.65. The molecule has 5 rings (SSSR count). The summed E-state index contributed by atoms with van der Waals surface area (Å²) in [5.74, 6) is 0. The van der Waals surface area contributed by atoms with Crippen LogP contribution in [0.15, 0.2) is 51.0 Å². The Bertz CT molecular complexity index is 1330. The molecule has 150 valence electrons. The number of sulfonamides is 1. The minimum absolute atomic E-state index is 0.0234. The number of benzene rings is 1. The van der Waals surface area contributed by atoms with Gasteiger partial charge in [-0.2, -0.15) is 0 Å². The number of H-pyrrole nitrogens is 2. The number of pyridine rings is 1. The normalized spacial score (nSPS) is 19.1. The number of nitrogens with zero attached hydrogens (tertiary/aromatic N) is 3. The summed E-state index contributed by atoms with van der Waals surface area (Å²) in [6, 6.07) is 8.86. The summed E-state index contributed by atoms with van der Waals surface area (Å²) >= 11 is 0. The maximum absolute atomic E-state index is 13.5. The molecule has 0 radical (unpaired) electrons. The molecule has 3 aromatic rings. The SMILES string of the molecule is O=c1[nH]c(=O)c2cc(S(=O)(=O)N3CC4CCCCN4c4ccccc43)cnc2[nH]1. The molecule has 0 bridgehead atoms. The lowest BCUT2D eigenvalue weighted by molar-refractivity contribution is 0.454. The van der Waals surface area contributed by atoms with Crippen molar-refractivity contribution in [3.8, 4) is 0 Å². The Morgan fingerprint density at radius 2 is 1.86 bits per heavy atom. The van der Waals surface area contributed by atoms with Crippen LogP contribution in [-0.4, -0.2) is 42.5 Å². The fourth-order valence-corrected chi connectivity index (χ4v) is 5.73. The van der Waals surface area contributed by atoms with Gasteiger partial charge in [0.2, 0.25) is 0 Å². The lowest BCUT2D eigenvalue weighted by Gasteiger charge is -2.46. The molecule has 2 N–H and O–H groups in total. The van der Waals surface area contributed by atoms with Gasteiger partial charge in [0.05, 0.1) is 23.3 Å². The summed E-state index contributed by atoms with van der Waals surface area (Å²) in [7, 11) is -3.94. The van der Waals surface area contributed by atoms with E-state index in [0.29, 0.717) is 12.2 Å². The van der Waals surface area contributed by atoms with Crippen molar-refractivity contribution in [3.63, 3.8) is 0 Å². The highest BCUT2D eigenvalue weighted by molar-refractivity contribution is 7.92. The summed E-state index contributed by atoms with van der Waals surface area (Å²) in [5.41, 5.74) is 0.220. The molecule has 29 heavy (non-hydrogen) atoms. The summed E-state index contributed by atoms with van der Waals surface area (Å²) in [6.07, 6.45) is 4.27. The van der Waals surface area contributed by atoms with Crippen molar-refractivity contribution in [2.45, 2.75) is 30.2 Å². The van der Waals surface area contributed by atoms with Crippen LogP contribution in [-0.2, 0) is 10.0 Å². The van der Waals surface area contributed by atoms with Gasteiger partial charge in [0, 0.05) is 18.8 Å². The van der Waals surface area contributed by atoms with E-state index in [0.717, 1.165) is 31.5 Å². The van der Waals surface area contributed by atoms with E-state index in [-0.39, 0.29) is 22.0 Å². The van der Waals surface area contributed by atoms with Gasteiger partial charge >= 0.3 is 5.69 Å². The summed E-state index contributed by atoms with van der Waals surface area (Å²) in [6.45, 7) is 1.26. The minimum Gasteiger partial charge on any atom is -0.365 e. The molecule has 0 amide bonds. The van der Waals surface area contributed by atoms with Crippen molar-refractivity contribution in [3.05, 3.63) is 57.4 Å². The first-order valence-electron chi connectivity index (χ1n) is 9.46. The smallest absolute Gasteiger partial charge is 0.327 e. The molecule has 9 nitrogen and oxygen atoms in total. The number of hydrogen-bond donors (Lipinski definition) is 2. The minimum atomic E-state index is -3.94. The number of piperidine rings is 1. The largest absolute Gasteiger partial charge is 0.365 e. The van der Waals surface area contributed by atoms with Crippen LogP contribution in [0.4, 0.5) is 11.4 Å². The van der Waals surface area contributed by atoms with Gasteiger partial charge in [-0.15, -0.1) is 0 Å². The van der Waals surface area contributed by atoms with Crippen LogP contribution in [0.1, 0.15) is 19.3 Å². The third kappa shape index (κ3) is 2.82. The zero-order chi connectivity index (χ0) is 20.2. The highest BCUT2D eigenvalue weighted by atomic mass is 32.2. The number of rotatable bonds is 2. The zero-order valence-corrected chi connectivity index (χ0v) is 16.3. The third-order valence-electron chi connectivity index (χ3n) is 5.62. The number of aromatic nitrogens is 3. The molecule has 4 heterocycles. The van der Waals surface area contributed by atoms with Crippen molar-refractivity contribution >= 4 is 32.4 Å². The van der Waals surface area contributed by atoms with E-state index in [9.17, 15) is 18.0 Å². The highest BCUT2D eigenvalue weighted by Gasteiger charge is 2.38. The first-order valence-corrected chi connectivity index (χ1v) is 10.9. The Morgan fingerprint density at radius 3 is 2.69 bits per heavy atom. The highest BCUT2D eigenvalue weighted by Crippen LogP contribution is 2.40. The Labute approximate surface area is 166 Å². The van der Waals surface area contributed by atoms with E-state index in [1.54, 1.807) is 6.07 Å². The molecule has 2 aliphatic heterocycles. The monoisotopic (exact) mass is 413 g/mol. The van der Waals surface area contributed by atoms with Gasteiger partial charge in [-0.05, 0) is 37.5 Å². The predicted octanol–water partition coefficient (Wildman–Crippen LogP) is 1.18. The van der Waals surface area contributed by atoms with E-state index in [1.807, 2.05) is 18.2 Å².